The topological polar surface area (TPSA) is 89.9 Å². The number of aromatic hydroxyl groups is 2. The van der Waals surface area contributed by atoms with Crippen LogP contribution in [-0.4, -0.2) is 40.0 Å². The Bertz CT molecular complexity index is 819. The fraction of sp³-hybridized carbons (Fsp3) is 0.263. The van der Waals surface area contributed by atoms with Gasteiger partial charge in [0.1, 0.15) is 17.3 Å². The number of carbonyl (C=O) groups excluding carboxylic acids is 2. The molecule has 138 valence electrons. The number of hydrogen-bond acceptors (Lipinski definition) is 4. The summed E-state index contributed by atoms with van der Waals surface area (Å²) in [6.45, 7) is 3.71. The van der Waals surface area contributed by atoms with E-state index >= 15 is 0 Å². The third-order valence-electron chi connectivity index (χ3n) is 4.05. The average molecular weight is 360 g/mol. The van der Waals surface area contributed by atoms with E-state index in [2.05, 4.69) is 5.32 Å². The SMILES string of the molecule is CC(C)N(C)C(=O)Cc1cc(C(=O)Nc2ccc(F)cc2)c(O)cc1O. The second kappa shape index (κ2) is 7.86. The molecule has 0 fully saturated rings. The van der Waals surface area contributed by atoms with Crippen molar-refractivity contribution in [2.24, 2.45) is 0 Å². The lowest BCUT2D eigenvalue weighted by Crippen LogP contribution is -2.34. The van der Waals surface area contributed by atoms with Crippen LogP contribution in [-0.2, 0) is 11.2 Å². The van der Waals surface area contributed by atoms with Gasteiger partial charge in [-0.15, -0.1) is 0 Å². The van der Waals surface area contributed by atoms with E-state index in [1.54, 1.807) is 7.05 Å². The molecule has 0 bridgehead atoms. The summed E-state index contributed by atoms with van der Waals surface area (Å²) in [6.07, 6.45) is -0.113. The molecule has 2 aromatic carbocycles. The Morgan fingerprint density at radius 2 is 1.73 bits per heavy atom. The van der Waals surface area contributed by atoms with Crippen LogP contribution in [0, 0.1) is 5.82 Å². The molecule has 26 heavy (non-hydrogen) atoms. The Morgan fingerprint density at radius 3 is 2.31 bits per heavy atom. The second-order valence-electron chi connectivity index (χ2n) is 6.23. The Hall–Kier alpha value is -3.09. The number of nitrogens with one attached hydrogen (secondary N) is 1. The molecule has 0 heterocycles. The third kappa shape index (κ3) is 4.50. The summed E-state index contributed by atoms with van der Waals surface area (Å²) >= 11 is 0. The molecule has 0 atom stereocenters. The molecule has 0 aliphatic carbocycles. The third-order valence-corrected chi connectivity index (χ3v) is 4.05. The monoisotopic (exact) mass is 360 g/mol. The molecular formula is C19H21FN2O4. The van der Waals surface area contributed by atoms with Crippen LogP contribution in [0.25, 0.3) is 0 Å². The van der Waals surface area contributed by atoms with Crippen molar-refractivity contribution in [1.29, 1.82) is 0 Å². The quantitative estimate of drug-likeness (QED) is 0.765. The van der Waals surface area contributed by atoms with E-state index in [9.17, 15) is 24.2 Å². The lowest BCUT2D eigenvalue weighted by Gasteiger charge is -2.21. The molecule has 6 nitrogen and oxygen atoms in total. The number of amides is 2. The summed E-state index contributed by atoms with van der Waals surface area (Å²) in [4.78, 5) is 26.1. The number of anilines is 1. The van der Waals surface area contributed by atoms with E-state index in [1.165, 1.54) is 35.2 Å². The fourth-order valence-electron chi connectivity index (χ4n) is 2.25. The number of halogens is 1. The van der Waals surface area contributed by atoms with Gasteiger partial charge in [0.15, 0.2) is 0 Å². The molecule has 2 amide bonds. The molecule has 0 radical (unpaired) electrons. The fourth-order valence-corrected chi connectivity index (χ4v) is 2.25. The molecule has 0 aromatic heterocycles. The van der Waals surface area contributed by atoms with Gasteiger partial charge in [-0.1, -0.05) is 0 Å². The summed E-state index contributed by atoms with van der Waals surface area (Å²) in [5.41, 5.74) is 0.479. The van der Waals surface area contributed by atoms with E-state index in [1.807, 2.05) is 13.8 Å². The minimum Gasteiger partial charge on any atom is -0.508 e. The highest BCUT2D eigenvalue weighted by Gasteiger charge is 2.19. The number of likely N-dealkylation sites (N-methyl/N-ethyl adjacent to an activating group) is 1. The molecule has 2 rings (SSSR count). The van der Waals surface area contributed by atoms with Crippen LogP contribution in [0.4, 0.5) is 10.1 Å². The van der Waals surface area contributed by atoms with E-state index in [4.69, 9.17) is 0 Å². The molecule has 0 aliphatic rings. The van der Waals surface area contributed by atoms with Gasteiger partial charge in [-0.25, -0.2) is 4.39 Å². The van der Waals surface area contributed by atoms with E-state index in [0.717, 1.165) is 6.07 Å². The van der Waals surface area contributed by atoms with Crippen molar-refractivity contribution in [2.45, 2.75) is 26.3 Å². The zero-order chi connectivity index (χ0) is 19.4. The Labute approximate surface area is 150 Å². The molecular weight excluding hydrogens is 339 g/mol. The number of nitrogens with zero attached hydrogens (tertiary/aromatic N) is 1. The molecule has 0 unspecified atom stereocenters. The van der Waals surface area contributed by atoms with Gasteiger partial charge in [0.05, 0.1) is 12.0 Å². The predicted octanol–water partition coefficient (Wildman–Crippen LogP) is 2.90. The highest BCUT2D eigenvalue weighted by Crippen LogP contribution is 2.29. The van der Waals surface area contributed by atoms with Gasteiger partial charge in [-0.3, -0.25) is 9.59 Å². The number of phenolic OH excluding ortho intramolecular Hbond substituents is 2. The Balaban J connectivity index is 2.24. The normalized spacial score (nSPS) is 10.7. The highest BCUT2D eigenvalue weighted by molar-refractivity contribution is 6.06. The van der Waals surface area contributed by atoms with Crippen molar-refractivity contribution >= 4 is 17.5 Å². The van der Waals surface area contributed by atoms with Crippen LogP contribution in [0.2, 0.25) is 0 Å². The van der Waals surface area contributed by atoms with Gasteiger partial charge < -0.3 is 20.4 Å². The number of benzene rings is 2. The lowest BCUT2D eigenvalue weighted by molar-refractivity contribution is -0.130. The lowest BCUT2D eigenvalue weighted by atomic mass is 10.0. The Morgan fingerprint density at radius 1 is 1.12 bits per heavy atom. The van der Waals surface area contributed by atoms with E-state index in [0.29, 0.717) is 5.69 Å². The zero-order valence-electron chi connectivity index (χ0n) is 14.8. The smallest absolute Gasteiger partial charge is 0.259 e. The highest BCUT2D eigenvalue weighted by atomic mass is 19.1. The molecule has 3 N–H and O–H groups in total. The summed E-state index contributed by atoms with van der Waals surface area (Å²) in [5, 5.41) is 22.5. The molecule has 0 saturated carbocycles. The first-order chi connectivity index (χ1) is 12.2. The van der Waals surface area contributed by atoms with Crippen molar-refractivity contribution in [2.75, 3.05) is 12.4 Å². The summed E-state index contributed by atoms with van der Waals surface area (Å²) in [6, 6.07) is 7.44. The van der Waals surface area contributed by atoms with Crippen molar-refractivity contribution in [1.82, 2.24) is 4.90 Å². The van der Waals surface area contributed by atoms with Crippen LogP contribution in [0.1, 0.15) is 29.8 Å². The van der Waals surface area contributed by atoms with Crippen molar-refractivity contribution in [3.05, 3.63) is 53.3 Å². The largest absolute Gasteiger partial charge is 0.508 e. The maximum atomic E-state index is 12.9. The number of carbonyl (C=O) groups is 2. The number of hydrogen-bond donors (Lipinski definition) is 3. The average Bonchev–Trinajstić information content (AvgIpc) is 2.58. The minimum atomic E-state index is -0.639. The van der Waals surface area contributed by atoms with Crippen LogP contribution < -0.4 is 5.32 Å². The van der Waals surface area contributed by atoms with Crippen molar-refractivity contribution < 1.29 is 24.2 Å². The summed E-state index contributed by atoms with van der Waals surface area (Å²) in [5.74, 6) is -2.00. The minimum absolute atomic E-state index is 0.0111. The number of phenols is 2. The summed E-state index contributed by atoms with van der Waals surface area (Å²) < 4.78 is 12.9. The first kappa shape index (κ1) is 19.2. The first-order valence-corrected chi connectivity index (χ1v) is 8.06. The van der Waals surface area contributed by atoms with Crippen molar-refractivity contribution in [3.63, 3.8) is 0 Å². The van der Waals surface area contributed by atoms with Gasteiger partial charge in [0, 0.05) is 30.4 Å². The van der Waals surface area contributed by atoms with Crippen LogP contribution in [0.5, 0.6) is 11.5 Å². The van der Waals surface area contributed by atoms with Crippen LogP contribution in [0.3, 0.4) is 0 Å². The molecule has 0 spiro atoms. The van der Waals surface area contributed by atoms with Crippen molar-refractivity contribution in [3.8, 4) is 11.5 Å². The first-order valence-electron chi connectivity index (χ1n) is 8.06. The molecule has 0 aliphatic heterocycles. The number of rotatable bonds is 5. The van der Waals surface area contributed by atoms with E-state index < -0.39 is 17.5 Å². The van der Waals surface area contributed by atoms with Gasteiger partial charge in [0.2, 0.25) is 5.91 Å². The van der Waals surface area contributed by atoms with Crippen LogP contribution in [0.15, 0.2) is 36.4 Å². The molecule has 0 saturated heterocycles. The second-order valence-corrected chi connectivity index (χ2v) is 6.23. The standard InChI is InChI=1S/C19H21FN2O4/c1-11(2)22(3)18(25)9-12-8-15(17(24)10-16(12)23)19(26)21-14-6-4-13(20)5-7-14/h4-8,10-11,23-24H,9H2,1-3H3,(H,21,26). The molecule has 2 aromatic rings. The van der Waals surface area contributed by atoms with Gasteiger partial charge >= 0.3 is 0 Å². The predicted molar refractivity (Wildman–Crippen MR) is 95.7 cm³/mol. The van der Waals surface area contributed by atoms with Gasteiger partial charge in [0.25, 0.3) is 5.91 Å². The maximum Gasteiger partial charge on any atom is 0.259 e. The Kier molecular flexibility index (Phi) is 5.82. The van der Waals surface area contributed by atoms with Gasteiger partial charge in [-0.05, 0) is 44.2 Å². The van der Waals surface area contributed by atoms with Crippen LogP contribution >= 0.6 is 0 Å². The summed E-state index contributed by atoms with van der Waals surface area (Å²) in [7, 11) is 1.65. The van der Waals surface area contributed by atoms with E-state index in [-0.39, 0.29) is 35.2 Å². The maximum absolute atomic E-state index is 12.9. The van der Waals surface area contributed by atoms with Gasteiger partial charge in [-0.2, -0.15) is 0 Å². The molecule has 7 heteroatoms. The zero-order valence-corrected chi connectivity index (χ0v) is 14.8.